The molecule has 0 radical (unpaired) electrons. The van der Waals surface area contributed by atoms with Gasteiger partial charge in [-0.2, -0.15) is 0 Å². The van der Waals surface area contributed by atoms with Crippen molar-refractivity contribution in [1.29, 1.82) is 0 Å². The molecule has 1 aromatic heterocycles. The summed E-state index contributed by atoms with van der Waals surface area (Å²) in [5, 5.41) is 11.8. The van der Waals surface area contributed by atoms with Crippen LogP contribution in [0.3, 0.4) is 0 Å². The third-order valence-corrected chi connectivity index (χ3v) is 3.45. The van der Waals surface area contributed by atoms with Crippen molar-refractivity contribution in [3.8, 4) is 0 Å². The fourth-order valence-corrected chi connectivity index (χ4v) is 2.75. The summed E-state index contributed by atoms with van der Waals surface area (Å²) in [6.07, 6.45) is 0. The second-order valence-electron chi connectivity index (χ2n) is 4.50. The first kappa shape index (κ1) is 11.1. The number of anilines is 1. The monoisotopic (exact) mass is 240 g/mol. The molecule has 0 amide bonds. The number of benzene rings is 2. The van der Waals surface area contributed by atoms with E-state index in [1.807, 2.05) is 24.3 Å². The Kier molecular flexibility index (Phi) is 2.49. The molecule has 0 saturated heterocycles. The molecule has 0 atom stereocenters. The minimum absolute atomic E-state index is 0.0118. The van der Waals surface area contributed by atoms with Crippen molar-refractivity contribution >= 4 is 27.5 Å². The van der Waals surface area contributed by atoms with Gasteiger partial charge in [-0.15, -0.1) is 0 Å². The lowest BCUT2D eigenvalue weighted by atomic mass is 10.1. The first-order valence-electron chi connectivity index (χ1n) is 6.16. The van der Waals surface area contributed by atoms with E-state index < -0.39 is 0 Å². The topological polar surface area (TPSA) is 51.2 Å². The molecule has 0 fully saturated rings. The van der Waals surface area contributed by atoms with Gasteiger partial charge in [-0.3, -0.25) is 0 Å². The van der Waals surface area contributed by atoms with Crippen molar-refractivity contribution in [1.82, 2.24) is 4.57 Å². The Balaban J connectivity index is 2.59. The number of hydrogen-bond donors (Lipinski definition) is 2. The van der Waals surface area contributed by atoms with Crippen molar-refractivity contribution < 1.29 is 5.11 Å². The van der Waals surface area contributed by atoms with Crippen molar-refractivity contribution in [3.63, 3.8) is 0 Å². The first-order chi connectivity index (χ1) is 8.76. The highest BCUT2D eigenvalue weighted by molar-refractivity contribution is 6.10. The SMILES string of the molecule is CCn1c2ccccc2c2cc(N)cc(CO)c21. The Morgan fingerprint density at radius 1 is 1.17 bits per heavy atom. The Morgan fingerprint density at radius 2 is 1.94 bits per heavy atom. The molecule has 3 N–H and O–H groups in total. The van der Waals surface area contributed by atoms with Crippen molar-refractivity contribution in [2.45, 2.75) is 20.1 Å². The molecule has 3 aromatic rings. The minimum atomic E-state index is 0.0118. The number of nitrogens with two attached hydrogens (primary N) is 1. The summed E-state index contributed by atoms with van der Waals surface area (Å²) < 4.78 is 2.23. The third-order valence-electron chi connectivity index (χ3n) is 3.45. The molecular weight excluding hydrogens is 224 g/mol. The number of aryl methyl sites for hydroxylation is 1. The lowest BCUT2D eigenvalue weighted by molar-refractivity contribution is 0.283. The fraction of sp³-hybridized carbons (Fsp3) is 0.200. The van der Waals surface area contributed by atoms with Gasteiger partial charge in [0.15, 0.2) is 0 Å². The highest BCUT2D eigenvalue weighted by atomic mass is 16.3. The fourth-order valence-electron chi connectivity index (χ4n) is 2.75. The second kappa shape index (κ2) is 4.03. The zero-order valence-electron chi connectivity index (χ0n) is 10.4. The van der Waals surface area contributed by atoms with Crippen LogP contribution in [0.5, 0.6) is 0 Å². The Hall–Kier alpha value is -2.00. The average Bonchev–Trinajstić information content (AvgIpc) is 2.72. The zero-order chi connectivity index (χ0) is 12.7. The van der Waals surface area contributed by atoms with Crippen LogP contribution in [-0.4, -0.2) is 9.67 Å². The van der Waals surface area contributed by atoms with Gasteiger partial charge in [0.05, 0.1) is 12.1 Å². The van der Waals surface area contributed by atoms with Crippen LogP contribution in [0.15, 0.2) is 36.4 Å². The van der Waals surface area contributed by atoms with Gasteiger partial charge in [0.2, 0.25) is 0 Å². The smallest absolute Gasteiger partial charge is 0.0703 e. The standard InChI is InChI=1S/C15H16N2O/c1-2-17-14-6-4-3-5-12(14)13-8-11(16)7-10(9-18)15(13)17/h3-8,18H,2,9,16H2,1H3. The van der Waals surface area contributed by atoms with E-state index in [9.17, 15) is 5.11 Å². The predicted octanol–water partition coefficient (Wildman–Crippen LogP) is 2.89. The summed E-state index contributed by atoms with van der Waals surface area (Å²) in [5.74, 6) is 0. The minimum Gasteiger partial charge on any atom is -0.399 e. The van der Waals surface area contributed by atoms with Gasteiger partial charge in [0, 0.05) is 34.1 Å². The van der Waals surface area contributed by atoms with Crippen LogP contribution in [0.4, 0.5) is 5.69 Å². The van der Waals surface area contributed by atoms with Crippen LogP contribution in [0.25, 0.3) is 21.8 Å². The van der Waals surface area contributed by atoms with E-state index in [1.54, 1.807) is 0 Å². The normalized spacial score (nSPS) is 11.4. The van der Waals surface area contributed by atoms with Gasteiger partial charge >= 0.3 is 0 Å². The van der Waals surface area contributed by atoms with Crippen LogP contribution in [0.1, 0.15) is 12.5 Å². The molecule has 3 heteroatoms. The van der Waals surface area contributed by atoms with Gasteiger partial charge < -0.3 is 15.4 Å². The molecule has 0 aliphatic carbocycles. The van der Waals surface area contributed by atoms with E-state index >= 15 is 0 Å². The molecule has 0 unspecified atom stereocenters. The molecule has 0 spiro atoms. The number of rotatable bonds is 2. The maximum atomic E-state index is 9.54. The number of hydrogen-bond acceptors (Lipinski definition) is 2. The highest BCUT2D eigenvalue weighted by Gasteiger charge is 2.13. The van der Waals surface area contributed by atoms with Crippen LogP contribution in [0.2, 0.25) is 0 Å². The van der Waals surface area contributed by atoms with Gasteiger partial charge in [0.1, 0.15) is 0 Å². The van der Waals surface area contributed by atoms with Gasteiger partial charge in [-0.1, -0.05) is 18.2 Å². The number of nitrogen functional groups attached to an aromatic ring is 1. The van der Waals surface area contributed by atoms with E-state index in [4.69, 9.17) is 5.73 Å². The molecule has 1 heterocycles. The molecule has 2 aromatic carbocycles. The molecule has 3 nitrogen and oxygen atoms in total. The number of nitrogens with zero attached hydrogens (tertiary/aromatic N) is 1. The van der Waals surface area contributed by atoms with Gasteiger partial charge in [0.25, 0.3) is 0 Å². The summed E-state index contributed by atoms with van der Waals surface area (Å²) in [7, 11) is 0. The number of fused-ring (bicyclic) bond motifs is 3. The molecule has 92 valence electrons. The molecular formula is C15H16N2O. The molecule has 0 aliphatic heterocycles. The molecule has 0 saturated carbocycles. The largest absolute Gasteiger partial charge is 0.399 e. The third kappa shape index (κ3) is 1.41. The number of aromatic nitrogens is 1. The Labute approximate surface area is 105 Å². The summed E-state index contributed by atoms with van der Waals surface area (Å²) in [6, 6.07) is 12.1. The lowest BCUT2D eigenvalue weighted by Gasteiger charge is -2.07. The average molecular weight is 240 g/mol. The number of aliphatic hydroxyl groups is 1. The maximum absolute atomic E-state index is 9.54. The summed E-state index contributed by atoms with van der Waals surface area (Å²) >= 11 is 0. The van der Waals surface area contributed by atoms with E-state index in [0.717, 1.165) is 23.0 Å². The summed E-state index contributed by atoms with van der Waals surface area (Å²) in [6.45, 7) is 3.00. The van der Waals surface area contributed by atoms with E-state index in [1.165, 1.54) is 10.9 Å². The van der Waals surface area contributed by atoms with Crippen LogP contribution < -0.4 is 5.73 Å². The van der Waals surface area contributed by atoms with Gasteiger partial charge in [-0.05, 0) is 25.1 Å². The number of para-hydroxylation sites is 1. The zero-order valence-corrected chi connectivity index (χ0v) is 10.4. The van der Waals surface area contributed by atoms with E-state index in [2.05, 4.69) is 23.6 Å². The number of aliphatic hydroxyl groups excluding tert-OH is 1. The van der Waals surface area contributed by atoms with Crippen molar-refractivity contribution in [3.05, 3.63) is 42.0 Å². The first-order valence-corrected chi connectivity index (χ1v) is 6.16. The van der Waals surface area contributed by atoms with Crippen LogP contribution in [-0.2, 0) is 13.2 Å². The van der Waals surface area contributed by atoms with Crippen LogP contribution >= 0.6 is 0 Å². The second-order valence-corrected chi connectivity index (χ2v) is 4.50. The maximum Gasteiger partial charge on any atom is 0.0703 e. The van der Waals surface area contributed by atoms with Gasteiger partial charge in [-0.25, -0.2) is 0 Å². The predicted molar refractivity (Wildman–Crippen MR) is 75.5 cm³/mol. The summed E-state index contributed by atoms with van der Waals surface area (Å²) in [4.78, 5) is 0. The molecule has 3 rings (SSSR count). The quantitative estimate of drug-likeness (QED) is 0.677. The van der Waals surface area contributed by atoms with Crippen LogP contribution in [0, 0.1) is 0 Å². The highest BCUT2D eigenvalue weighted by Crippen LogP contribution is 2.32. The van der Waals surface area contributed by atoms with Crippen molar-refractivity contribution in [2.75, 3.05) is 5.73 Å². The summed E-state index contributed by atoms with van der Waals surface area (Å²) in [5.41, 5.74) is 9.80. The molecule has 0 aliphatic rings. The molecule has 0 bridgehead atoms. The lowest BCUT2D eigenvalue weighted by Crippen LogP contribution is -1.98. The Morgan fingerprint density at radius 3 is 2.67 bits per heavy atom. The van der Waals surface area contributed by atoms with E-state index in [-0.39, 0.29) is 6.61 Å². The Bertz CT molecular complexity index is 728. The van der Waals surface area contributed by atoms with E-state index in [0.29, 0.717) is 5.69 Å². The molecule has 18 heavy (non-hydrogen) atoms. The van der Waals surface area contributed by atoms with Crippen molar-refractivity contribution in [2.24, 2.45) is 0 Å².